The smallest absolute Gasteiger partial charge is 0.412 e. The number of pyridine rings is 1. The van der Waals surface area contributed by atoms with Gasteiger partial charge in [0.1, 0.15) is 33.9 Å². The number of halogens is 4. The topological polar surface area (TPSA) is 60.8 Å². The third kappa shape index (κ3) is 5.79. The van der Waals surface area contributed by atoms with Gasteiger partial charge in [0.2, 0.25) is 0 Å². The maximum Gasteiger partial charge on any atom is 0.412 e. The maximum atomic E-state index is 14.3. The van der Waals surface area contributed by atoms with Crippen molar-refractivity contribution in [2.24, 2.45) is 5.92 Å². The van der Waals surface area contributed by atoms with Crippen LogP contribution < -0.4 is 10.3 Å². The van der Waals surface area contributed by atoms with Crippen LogP contribution in [0.2, 0.25) is 5.02 Å². The second-order valence-corrected chi connectivity index (χ2v) is 8.67. The number of carbonyl (C=O) groups is 1. The van der Waals surface area contributed by atoms with Gasteiger partial charge in [0.05, 0.1) is 13.2 Å². The number of aryl methyl sites for hydroxylation is 1. The van der Waals surface area contributed by atoms with E-state index in [-0.39, 0.29) is 31.3 Å². The number of ether oxygens (including phenoxy) is 2. The highest BCUT2D eigenvalue weighted by Crippen LogP contribution is 2.29. The zero-order valence-corrected chi connectivity index (χ0v) is 19.5. The highest BCUT2D eigenvalue weighted by atomic mass is 35.5. The monoisotopic (exact) mass is 506 g/mol. The number of para-hydroxylation sites is 1. The molecule has 6 nitrogen and oxygen atoms in total. The SMILES string of the molecule is Cc1cc(OCN(Cc2cccc(F)c2)C(=O)OCC2CC2)c(Cl)c(=O)n1-c1c(F)cccc1F. The average molecular weight is 507 g/mol. The van der Waals surface area contributed by atoms with E-state index in [0.717, 1.165) is 29.5 Å². The van der Waals surface area contributed by atoms with Crippen molar-refractivity contribution >= 4 is 17.7 Å². The normalized spacial score (nSPS) is 12.9. The van der Waals surface area contributed by atoms with Gasteiger partial charge in [-0.3, -0.25) is 14.3 Å². The van der Waals surface area contributed by atoms with E-state index < -0.39 is 39.8 Å². The summed E-state index contributed by atoms with van der Waals surface area (Å²) < 4.78 is 54.0. The summed E-state index contributed by atoms with van der Waals surface area (Å²) in [6.45, 7) is 1.35. The number of aromatic nitrogens is 1. The van der Waals surface area contributed by atoms with Crippen molar-refractivity contribution < 1.29 is 27.4 Å². The van der Waals surface area contributed by atoms with Crippen LogP contribution in [-0.4, -0.2) is 28.9 Å². The molecule has 1 amide bonds. The Morgan fingerprint density at radius 3 is 2.46 bits per heavy atom. The quantitative estimate of drug-likeness (QED) is 0.373. The first kappa shape index (κ1) is 24.7. The van der Waals surface area contributed by atoms with E-state index in [1.54, 1.807) is 6.07 Å². The molecule has 0 spiro atoms. The van der Waals surface area contributed by atoms with Crippen LogP contribution in [0.25, 0.3) is 5.69 Å². The van der Waals surface area contributed by atoms with E-state index in [9.17, 15) is 22.8 Å². The molecule has 3 aromatic rings. The summed E-state index contributed by atoms with van der Waals surface area (Å²) in [5.74, 6) is -2.07. The van der Waals surface area contributed by atoms with Crippen LogP contribution in [0.5, 0.6) is 5.75 Å². The summed E-state index contributed by atoms with van der Waals surface area (Å²) in [6.07, 6.45) is 1.30. The van der Waals surface area contributed by atoms with E-state index >= 15 is 0 Å². The number of nitrogens with zero attached hydrogens (tertiary/aromatic N) is 2. The van der Waals surface area contributed by atoms with Crippen LogP contribution in [0.3, 0.4) is 0 Å². The fraction of sp³-hybridized carbons (Fsp3) is 0.280. The van der Waals surface area contributed by atoms with E-state index in [0.29, 0.717) is 11.5 Å². The number of hydrogen-bond acceptors (Lipinski definition) is 4. The fourth-order valence-corrected chi connectivity index (χ4v) is 3.69. The largest absolute Gasteiger partial charge is 0.471 e. The van der Waals surface area contributed by atoms with Crippen LogP contribution in [-0.2, 0) is 11.3 Å². The van der Waals surface area contributed by atoms with E-state index in [2.05, 4.69) is 0 Å². The molecule has 1 aromatic heterocycles. The van der Waals surface area contributed by atoms with Crippen molar-refractivity contribution in [1.29, 1.82) is 0 Å². The van der Waals surface area contributed by atoms with E-state index in [1.807, 2.05) is 0 Å². The Balaban J connectivity index is 1.58. The highest BCUT2D eigenvalue weighted by molar-refractivity contribution is 6.31. The van der Waals surface area contributed by atoms with Gasteiger partial charge in [-0.25, -0.2) is 18.0 Å². The molecule has 0 bridgehead atoms. The fourth-order valence-electron chi connectivity index (χ4n) is 3.50. The van der Waals surface area contributed by atoms with Gasteiger partial charge in [-0.2, -0.15) is 0 Å². The molecule has 2 aromatic carbocycles. The lowest BCUT2D eigenvalue weighted by Gasteiger charge is -2.23. The van der Waals surface area contributed by atoms with Gasteiger partial charge >= 0.3 is 6.09 Å². The summed E-state index contributed by atoms with van der Waals surface area (Å²) in [6, 6.07) is 10.3. The minimum Gasteiger partial charge on any atom is -0.471 e. The first-order valence-electron chi connectivity index (χ1n) is 10.9. The van der Waals surface area contributed by atoms with Crippen molar-refractivity contribution in [2.45, 2.75) is 26.3 Å². The van der Waals surface area contributed by atoms with Gasteiger partial charge in [0.25, 0.3) is 5.56 Å². The molecule has 1 aliphatic rings. The Morgan fingerprint density at radius 2 is 1.80 bits per heavy atom. The molecule has 1 saturated carbocycles. The number of rotatable bonds is 8. The second kappa shape index (κ2) is 10.4. The van der Waals surface area contributed by atoms with Gasteiger partial charge in [-0.05, 0) is 55.5 Å². The third-order valence-electron chi connectivity index (χ3n) is 5.50. The summed E-state index contributed by atoms with van der Waals surface area (Å²) in [7, 11) is 0. The molecule has 1 aliphatic carbocycles. The number of carbonyl (C=O) groups excluding carboxylic acids is 1. The molecule has 1 fully saturated rings. The van der Waals surface area contributed by atoms with Crippen LogP contribution in [0.15, 0.2) is 53.3 Å². The summed E-state index contributed by atoms with van der Waals surface area (Å²) in [5, 5.41) is -0.421. The van der Waals surface area contributed by atoms with Crippen molar-refractivity contribution in [3.05, 3.63) is 92.6 Å². The molecular weight excluding hydrogens is 485 g/mol. The Hall–Kier alpha value is -3.46. The van der Waals surface area contributed by atoms with Crippen LogP contribution in [0, 0.1) is 30.3 Å². The molecule has 4 rings (SSSR count). The molecule has 0 radical (unpaired) electrons. The van der Waals surface area contributed by atoms with Gasteiger partial charge in [0, 0.05) is 11.8 Å². The van der Waals surface area contributed by atoms with Gasteiger partial charge < -0.3 is 9.47 Å². The van der Waals surface area contributed by atoms with Crippen molar-refractivity contribution in [1.82, 2.24) is 9.47 Å². The first-order chi connectivity index (χ1) is 16.7. The Labute approximate surface area is 204 Å². The Morgan fingerprint density at radius 1 is 1.11 bits per heavy atom. The van der Waals surface area contributed by atoms with Gasteiger partial charge in [0.15, 0.2) is 6.73 Å². The van der Waals surface area contributed by atoms with E-state index in [4.69, 9.17) is 21.1 Å². The first-order valence-corrected chi connectivity index (χ1v) is 11.3. The lowest BCUT2D eigenvalue weighted by atomic mass is 10.2. The average Bonchev–Trinajstić information content (AvgIpc) is 3.64. The lowest BCUT2D eigenvalue weighted by molar-refractivity contribution is 0.0632. The minimum atomic E-state index is -0.931. The predicted octanol–water partition coefficient (Wildman–Crippen LogP) is 5.60. The van der Waals surface area contributed by atoms with Crippen LogP contribution >= 0.6 is 11.6 Å². The molecule has 1 heterocycles. The molecular formula is C25H22ClF3N2O4. The van der Waals surface area contributed by atoms with Crippen molar-refractivity contribution in [3.63, 3.8) is 0 Å². The zero-order valence-electron chi connectivity index (χ0n) is 18.8. The van der Waals surface area contributed by atoms with Gasteiger partial charge in [-0.15, -0.1) is 0 Å². The number of hydrogen-bond donors (Lipinski definition) is 0. The molecule has 184 valence electrons. The standard InChI is InChI=1S/C25H22ClF3N2O4/c1-15-10-21(22(26)24(32)31(15)23-19(28)6-3-7-20(23)29)35-14-30(25(33)34-13-16-8-9-16)12-17-4-2-5-18(27)11-17/h2-7,10-11,16H,8-9,12-14H2,1H3. The summed E-state index contributed by atoms with van der Waals surface area (Å²) in [5.41, 5.74) is -0.783. The molecule has 35 heavy (non-hydrogen) atoms. The van der Waals surface area contributed by atoms with Gasteiger partial charge in [-0.1, -0.05) is 29.8 Å². The minimum absolute atomic E-state index is 0.0185. The predicted molar refractivity (Wildman–Crippen MR) is 123 cm³/mol. The molecule has 0 unspecified atom stereocenters. The second-order valence-electron chi connectivity index (χ2n) is 8.30. The maximum absolute atomic E-state index is 14.3. The lowest BCUT2D eigenvalue weighted by Crippen LogP contribution is -2.35. The van der Waals surface area contributed by atoms with E-state index in [1.165, 1.54) is 42.2 Å². The number of benzene rings is 2. The molecule has 0 saturated heterocycles. The van der Waals surface area contributed by atoms with Crippen molar-refractivity contribution in [3.8, 4) is 11.4 Å². The Bertz CT molecular complexity index is 1290. The molecule has 0 N–H and O–H groups in total. The van der Waals surface area contributed by atoms with Crippen LogP contribution in [0.4, 0.5) is 18.0 Å². The van der Waals surface area contributed by atoms with Crippen LogP contribution in [0.1, 0.15) is 24.1 Å². The molecule has 10 heteroatoms. The third-order valence-corrected chi connectivity index (χ3v) is 5.84. The molecule has 0 aliphatic heterocycles. The zero-order chi connectivity index (χ0) is 25.1. The number of amides is 1. The summed E-state index contributed by atoms with van der Waals surface area (Å²) >= 11 is 6.19. The highest BCUT2D eigenvalue weighted by Gasteiger charge is 2.26. The molecule has 0 atom stereocenters. The Kier molecular flexibility index (Phi) is 7.35. The van der Waals surface area contributed by atoms with Crippen molar-refractivity contribution in [2.75, 3.05) is 13.3 Å². The summed E-state index contributed by atoms with van der Waals surface area (Å²) in [4.78, 5) is 26.7.